The zero-order chi connectivity index (χ0) is 32.2. The zero-order valence-corrected chi connectivity index (χ0v) is 24.7. The molecule has 11 heteroatoms. The fourth-order valence-electron chi connectivity index (χ4n) is 5.33. The standard InChI is InChI=1S/C35H28FN7O3.2H2/c1-21(44)32-33-26(15-18-39-32)25-5-2-3-8-29(25)43(33)35(46)41-20-19-40-34(45)28-7-4-6-27(42-28)30(22-13-16-38-17-14-22)31(37)23-9-11-24(36)12-10-23;;/h2-18H,19-20,37H2,1H3,(H,40,45)(H,41,46);2*1H/b31-30-;;. The van der Waals surface area contributed by atoms with E-state index in [1.54, 1.807) is 73.2 Å². The average Bonchev–Trinajstić information content (AvgIpc) is 3.42. The van der Waals surface area contributed by atoms with Gasteiger partial charge in [0.25, 0.3) is 5.91 Å². The van der Waals surface area contributed by atoms with Crippen LogP contribution in [0.4, 0.5) is 9.18 Å². The molecule has 0 saturated heterocycles. The van der Waals surface area contributed by atoms with Crippen LogP contribution in [0.15, 0.2) is 104 Å². The van der Waals surface area contributed by atoms with Crippen molar-refractivity contribution in [1.29, 1.82) is 0 Å². The molecule has 10 nitrogen and oxygen atoms in total. The minimum atomic E-state index is -0.459. The Kier molecular flexibility index (Phi) is 8.29. The van der Waals surface area contributed by atoms with Crippen molar-refractivity contribution in [3.63, 3.8) is 0 Å². The highest BCUT2D eigenvalue weighted by molar-refractivity contribution is 6.18. The number of fused-ring (bicyclic) bond motifs is 3. The first-order valence-corrected chi connectivity index (χ1v) is 14.4. The maximum atomic E-state index is 13.6. The van der Waals surface area contributed by atoms with Crippen LogP contribution in [0.3, 0.4) is 0 Å². The molecule has 2 aromatic carbocycles. The van der Waals surface area contributed by atoms with Crippen LogP contribution in [-0.2, 0) is 0 Å². The molecular formula is C35H32FN7O3. The lowest BCUT2D eigenvalue weighted by molar-refractivity contribution is 0.0947. The van der Waals surface area contributed by atoms with Gasteiger partial charge in [-0.15, -0.1) is 0 Å². The molecule has 2 amide bonds. The zero-order valence-electron chi connectivity index (χ0n) is 24.7. The maximum Gasteiger partial charge on any atom is 0.326 e. The van der Waals surface area contributed by atoms with Crippen LogP contribution in [0, 0.1) is 5.82 Å². The Morgan fingerprint density at radius 2 is 1.52 bits per heavy atom. The Balaban J connectivity index is 0.00000260. The van der Waals surface area contributed by atoms with Crippen molar-refractivity contribution in [2.75, 3.05) is 13.1 Å². The fourth-order valence-corrected chi connectivity index (χ4v) is 5.33. The molecule has 0 atom stereocenters. The molecule has 0 bridgehead atoms. The third kappa shape index (κ3) is 5.81. The smallest absolute Gasteiger partial charge is 0.326 e. The molecule has 46 heavy (non-hydrogen) atoms. The summed E-state index contributed by atoms with van der Waals surface area (Å²) in [6.07, 6.45) is 4.79. The van der Waals surface area contributed by atoms with E-state index in [0.29, 0.717) is 33.6 Å². The summed E-state index contributed by atoms with van der Waals surface area (Å²) in [7, 11) is 0. The van der Waals surface area contributed by atoms with E-state index in [0.717, 1.165) is 16.3 Å². The van der Waals surface area contributed by atoms with Crippen LogP contribution >= 0.6 is 0 Å². The summed E-state index contributed by atoms with van der Waals surface area (Å²) in [5, 5.41) is 7.17. The minimum Gasteiger partial charge on any atom is -0.398 e. The number of hydrogen-bond donors (Lipinski definition) is 3. The van der Waals surface area contributed by atoms with E-state index < -0.39 is 11.9 Å². The predicted octanol–water partition coefficient (Wildman–Crippen LogP) is 5.68. The Hall–Kier alpha value is -6.23. The van der Waals surface area contributed by atoms with Crippen molar-refractivity contribution in [1.82, 2.24) is 30.2 Å². The van der Waals surface area contributed by atoms with Gasteiger partial charge >= 0.3 is 6.03 Å². The second kappa shape index (κ2) is 12.8. The summed E-state index contributed by atoms with van der Waals surface area (Å²) in [5.41, 5.74) is 10.6. The monoisotopic (exact) mass is 617 g/mol. The topological polar surface area (TPSA) is 145 Å². The number of nitrogens with two attached hydrogens (primary N) is 1. The summed E-state index contributed by atoms with van der Waals surface area (Å²) < 4.78 is 15.0. The minimum absolute atomic E-state index is 0. The van der Waals surface area contributed by atoms with Crippen LogP contribution in [0.5, 0.6) is 0 Å². The summed E-state index contributed by atoms with van der Waals surface area (Å²) in [5.74, 6) is -1.10. The van der Waals surface area contributed by atoms with Gasteiger partial charge in [-0.05, 0) is 71.8 Å². The fraction of sp³-hybridized carbons (Fsp3) is 0.0857. The number of aromatic nitrogens is 4. The molecule has 0 aliphatic heterocycles. The molecule has 6 rings (SSSR count). The van der Waals surface area contributed by atoms with E-state index in [2.05, 4.69) is 25.6 Å². The Morgan fingerprint density at radius 3 is 2.28 bits per heavy atom. The third-order valence-electron chi connectivity index (χ3n) is 7.44. The lowest BCUT2D eigenvalue weighted by atomic mass is 9.97. The van der Waals surface area contributed by atoms with Gasteiger partial charge in [-0.25, -0.2) is 14.2 Å². The average molecular weight is 618 g/mol. The first-order chi connectivity index (χ1) is 22.3. The predicted molar refractivity (Wildman–Crippen MR) is 178 cm³/mol. The van der Waals surface area contributed by atoms with Gasteiger partial charge in [-0.1, -0.05) is 24.3 Å². The number of carbonyl (C=O) groups is 3. The summed E-state index contributed by atoms with van der Waals surface area (Å²) >= 11 is 0. The molecule has 4 N–H and O–H groups in total. The summed E-state index contributed by atoms with van der Waals surface area (Å²) in [6.45, 7) is 1.62. The number of nitrogens with zero attached hydrogens (tertiary/aromatic N) is 4. The molecule has 0 aliphatic carbocycles. The van der Waals surface area contributed by atoms with E-state index in [4.69, 9.17) is 5.73 Å². The van der Waals surface area contributed by atoms with Gasteiger partial charge in [0.2, 0.25) is 0 Å². The van der Waals surface area contributed by atoms with Gasteiger partial charge in [-0.3, -0.25) is 24.1 Å². The highest BCUT2D eigenvalue weighted by Crippen LogP contribution is 2.31. The number of hydrogen-bond acceptors (Lipinski definition) is 7. The molecule has 232 valence electrons. The van der Waals surface area contributed by atoms with Gasteiger partial charge in [0.15, 0.2) is 5.78 Å². The number of benzene rings is 2. The molecule has 6 aromatic rings. The second-order valence-corrected chi connectivity index (χ2v) is 10.4. The van der Waals surface area contributed by atoms with Crippen molar-refractivity contribution in [2.45, 2.75) is 6.92 Å². The Labute approximate surface area is 265 Å². The second-order valence-electron chi connectivity index (χ2n) is 10.4. The molecule has 0 aliphatic rings. The molecular weight excluding hydrogens is 585 g/mol. The first kappa shape index (κ1) is 29.8. The van der Waals surface area contributed by atoms with E-state index in [1.165, 1.54) is 23.6 Å². The normalized spacial score (nSPS) is 11.7. The number of rotatable bonds is 8. The molecule has 0 spiro atoms. The van der Waals surface area contributed by atoms with Crippen LogP contribution < -0.4 is 16.4 Å². The molecule has 0 fully saturated rings. The van der Waals surface area contributed by atoms with Crippen molar-refractivity contribution < 1.29 is 21.6 Å². The number of amides is 2. The molecule has 0 radical (unpaired) electrons. The SMILES string of the molecule is CC(=O)c1nccc2c3ccccc3n(C(=O)NCCNC(=O)c3cccc(/C(=C(\N)c4ccc(F)cc4)c4ccncc4)n3)c12.[HH].[HH]. The molecule has 0 unspecified atom stereocenters. The number of ketones is 1. The number of pyridine rings is 3. The Morgan fingerprint density at radius 1 is 0.804 bits per heavy atom. The van der Waals surface area contributed by atoms with Gasteiger partial charge in [0.05, 0.1) is 16.7 Å². The number of para-hydroxylation sites is 1. The van der Waals surface area contributed by atoms with Crippen molar-refractivity contribution in [3.8, 4) is 0 Å². The first-order valence-electron chi connectivity index (χ1n) is 14.4. The number of halogens is 1. The van der Waals surface area contributed by atoms with Crippen molar-refractivity contribution in [3.05, 3.63) is 138 Å². The number of nitrogens with one attached hydrogen (secondary N) is 2. The third-order valence-corrected chi connectivity index (χ3v) is 7.44. The van der Waals surface area contributed by atoms with Gasteiger partial charge < -0.3 is 16.4 Å². The molecule has 0 saturated carbocycles. The number of carbonyl (C=O) groups excluding carboxylic acids is 3. The Bertz CT molecular complexity index is 2150. The highest BCUT2D eigenvalue weighted by Gasteiger charge is 2.21. The van der Waals surface area contributed by atoms with Crippen LogP contribution in [0.25, 0.3) is 33.1 Å². The summed E-state index contributed by atoms with van der Waals surface area (Å²) in [6, 6.07) is 23.0. The molecule has 4 aromatic heterocycles. The van der Waals surface area contributed by atoms with Crippen LogP contribution in [0.2, 0.25) is 0 Å². The lowest BCUT2D eigenvalue weighted by Gasteiger charge is -2.14. The van der Waals surface area contributed by atoms with Crippen LogP contribution in [-0.4, -0.2) is 50.3 Å². The van der Waals surface area contributed by atoms with Crippen molar-refractivity contribution >= 4 is 50.8 Å². The van der Waals surface area contributed by atoms with Gasteiger partial charge in [-0.2, -0.15) is 0 Å². The van der Waals surface area contributed by atoms with E-state index >= 15 is 0 Å². The summed E-state index contributed by atoms with van der Waals surface area (Å²) in [4.78, 5) is 51.8. The van der Waals surface area contributed by atoms with Gasteiger partial charge in [0.1, 0.15) is 17.2 Å². The van der Waals surface area contributed by atoms with E-state index in [9.17, 15) is 18.8 Å². The van der Waals surface area contributed by atoms with Crippen LogP contribution in [0.1, 0.15) is 47.6 Å². The quantitative estimate of drug-likeness (QED) is 0.147. The lowest BCUT2D eigenvalue weighted by Crippen LogP contribution is -2.37. The van der Waals surface area contributed by atoms with Gasteiger partial charge in [0, 0.05) is 63.5 Å². The largest absolute Gasteiger partial charge is 0.398 e. The number of Topliss-reactive ketones (excluding diaryl/α,β-unsaturated/α-hetero) is 1. The van der Waals surface area contributed by atoms with E-state index in [1.807, 2.05) is 18.2 Å². The highest BCUT2D eigenvalue weighted by atomic mass is 19.1. The maximum absolute atomic E-state index is 13.6. The molecule has 4 heterocycles. The van der Waals surface area contributed by atoms with E-state index in [-0.39, 0.29) is 38.9 Å². The van der Waals surface area contributed by atoms with Crippen molar-refractivity contribution in [2.24, 2.45) is 5.73 Å².